The average Bonchev–Trinajstić information content (AvgIpc) is 2.80. The summed E-state index contributed by atoms with van der Waals surface area (Å²) in [5.74, 6) is -0.592. The van der Waals surface area contributed by atoms with Crippen LogP contribution in [0.15, 0.2) is 72.8 Å². The first-order chi connectivity index (χ1) is 15.1. The van der Waals surface area contributed by atoms with Crippen molar-refractivity contribution < 1.29 is 9.59 Å². The minimum atomic E-state index is -0.692. The fourth-order valence-electron chi connectivity index (χ4n) is 3.47. The Morgan fingerprint density at radius 2 is 1.55 bits per heavy atom. The van der Waals surface area contributed by atoms with Crippen LogP contribution in [0.4, 0.5) is 5.69 Å². The van der Waals surface area contributed by atoms with Gasteiger partial charge in [-0.15, -0.1) is 0 Å². The molecule has 0 fully saturated rings. The number of rotatable bonds is 10. The monoisotopic (exact) mass is 418 g/mol. The van der Waals surface area contributed by atoms with Crippen LogP contribution in [0.3, 0.4) is 0 Å². The highest BCUT2D eigenvalue weighted by Crippen LogP contribution is 2.19. The smallest absolute Gasteiger partial charge is 0.246 e. The summed E-state index contributed by atoms with van der Waals surface area (Å²) in [5, 5.41) is 7.91. The summed E-state index contributed by atoms with van der Waals surface area (Å²) in [6, 6.07) is 22.2. The van der Waals surface area contributed by atoms with E-state index >= 15 is 0 Å². The van der Waals surface area contributed by atoms with Crippen LogP contribution < -0.4 is 22.1 Å². The SMILES string of the molecule is NCCC[C@@H](N)C(=O)NC(CCc1ccccc1)C(=O)Nc1ccc2ccccc2c1. The fraction of sp³-hybridized carbons (Fsp3) is 0.280. The van der Waals surface area contributed by atoms with E-state index in [1.165, 1.54) is 0 Å². The number of hydrogen-bond acceptors (Lipinski definition) is 4. The Balaban J connectivity index is 1.71. The van der Waals surface area contributed by atoms with Crippen molar-refractivity contribution in [1.29, 1.82) is 0 Å². The first-order valence-corrected chi connectivity index (χ1v) is 10.7. The molecule has 0 aliphatic rings. The Morgan fingerprint density at radius 1 is 0.839 bits per heavy atom. The lowest BCUT2D eigenvalue weighted by Crippen LogP contribution is -2.50. The summed E-state index contributed by atoms with van der Waals surface area (Å²) < 4.78 is 0. The van der Waals surface area contributed by atoms with Gasteiger partial charge in [0.1, 0.15) is 6.04 Å². The zero-order valence-electron chi connectivity index (χ0n) is 17.6. The van der Waals surface area contributed by atoms with Crippen molar-refractivity contribution >= 4 is 28.3 Å². The van der Waals surface area contributed by atoms with E-state index in [0.29, 0.717) is 37.9 Å². The number of aryl methyl sites for hydroxylation is 1. The van der Waals surface area contributed by atoms with Crippen LogP contribution in [-0.2, 0) is 16.0 Å². The normalized spacial score (nSPS) is 12.8. The molecule has 0 heterocycles. The number of carbonyl (C=O) groups excluding carboxylic acids is 2. The molecule has 6 N–H and O–H groups in total. The van der Waals surface area contributed by atoms with Crippen molar-refractivity contribution in [3.63, 3.8) is 0 Å². The molecule has 6 nitrogen and oxygen atoms in total. The maximum atomic E-state index is 13.1. The molecule has 2 amide bonds. The third-order valence-corrected chi connectivity index (χ3v) is 5.27. The van der Waals surface area contributed by atoms with Crippen molar-refractivity contribution in [2.75, 3.05) is 11.9 Å². The van der Waals surface area contributed by atoms with Crippen LogP contribution in [0.2, 0.25) is 0 Å². The quantitative estimate of drug-likeness (QED) is 0.406. The second kappa shape index (κ2) is 11.2. The number of hydrogen-bond donors (Lipinski definition) is 4. The van der Waals surface area contributed by atoms with E-state index in [-0.39, 0.29) is 11.8 Å². The van der Waals surface area contributed by atoms with Gasteiger partial charge >= 0.3 is 0 Å². The molecule has 1 unspecified atom stereocenters. The highest BCUT2D eigenvalue weighted by Gasteiger charge is 2.23. The maximum absolute atomic E-state index is 13.1. The number of carbonyl (C=O) groups is 2. The summed E-state index contributed by atoms with van der Waals surface area (Å²) in [6.45, 7) is 0.473. The summed E-state index contributed by atoms with van der Waals surface area (Å²) in [4.78, 5) is 25.6. The van der Waals surface area contributed by atoms with Gasteiger partial charge in [0, 0.05) is 5.69 Å². The molecular formula is C25H30N4O2. The van der Waals surface area contributed by atoms with Crippen molar-refractivity contribution in [3.8, 4) is 0 Å². The number of nitrogens with one attached hydrogen (secondary N) is 2. The van der Waals surface area contributed by atoms with Gasteiger partial charge in [0.15, 0.2) is 0 Å². The van der Waals surface area contributed by atoms with Crippen LogP contribution in [-0.4, -0.2) is 30.4 Å². The van der Waals surface area contributed by atoms with Crippen molar-refractivity contribution in [3.05, 3.63) is 78.4 Å². The van der Waals surface area contributed by atoms with E-state index in [0.717, 1.165) is 16.3 Å². The van der Waals surface area contributed by atoms with E-state index in [4.69, 9.17) is 11.5 Å². The summed E-state index contributed by atoms with van der Waals surface area (Å²) in [5.41, 5.74) is 13.3. The highest BCUT2D eigenvalue weighted by molar-refractivity contribution is 5.99. The molecule has 0 aromatic heterocycles. The number of anilines is 1. The lowest BCUT2D eigenvalue weighted by Gasteiger charge is -2.21. The lowest BCUT2D eigenvalue weighted by atomic mass is 10.0. The van der Waals surface area contributed by atoms with Crippen molar-refractivity contribution in [2.24, 2.45) is 11.5 Å². The largest absolute Gasteiger partial charge is 0.343 e. The molecule has 0 aliphatic carbocycles. The van der Waals surface area contributed by atoms with Crippen molar-refractivity contribution in [2.45, 2.75) is 37.8 Å². The Hall–Kier alpha value is -3.22. The van der Waals surface area contributed by atoms with Gasteiger partial charge in [0.2, 0.25) is 11.8 Å². The highest BCUT2D eigenvalue weighted by atomic mass is 16.2. The molecule has 31 heavy (non-hydrogen) atoms. The van der Waals surface area contributed by atoms with Gasteiger partial charge in [0.05, 0.1) is 6.04 Å². The summed E-state index contributed by atoms with van der Waals surface area (Å²) in [6.07, 6.45) is 2.28. The molecule has 0 spiro atoms. The molecular weight excluding hydrogens is 388 g/mol. The molecule has 3 aromatic carbocycles. The predicted molar refractivity (Wildman–Crippen MR) is 126 cm³/mol. The van der Waals surface area contributed by atoms with Crippen LogP contribution in [0, 0.1) is 0 Å². The Kier molecular flexibility index (Phi) is 8.15. The average molecular weight is 419 g/mol. The first kappa shape index (κ1) is 22.5. The molecule has 162 valence electrons. The zero-order valence-corrected chi connectivity index (χ0v) is 17.6. The number of amides is 2. The molecule has 2 atom stereocenters. The number of nitrogens with two attached hydrogens (primary N) is 2. The standard InChI is InChI=1S/C25H30N4O2/c26-16-6-11-22(27)24(30)29-23(15-12-18-7-2-1-3-8-18)25(31)28-21-14-13-19-9-4-5-10-20(19)17-21/h1-5,7-10,13-14,17,22-23H,6,11-12,15-16,26-27H2,(H,28,31)(H,29,30)/t22-,23?/m1/s1. The van der Waals surface area contributed by atoms with Crippen LogP contribution in [0.5, 0.6) is 0 Å². The lowest BCUT2D eigenvalue weighted by molar-refractivity contribution is -0.127. The van der Waals surface area contributed by atoms with Crippen molar-refractivity contribution in [1.82, 2.24) is 5.32 Å². The zero-order chi connectivity index (χ0) is 22.1. The molecule has 0 bridgehead atoms. The number of fused-ring (bicyclic) bond motifs is 1. The van der Waals surface area contributed by atoms with E-state index in [1.807, 2.05) is 72.8 Å². The van der Waals surface area contributed by atoms with Gasteiger partial charge in [0.25, 0.3) is 0 Å². The van der Waals surface area contributed by atoms with Gasteiger partial charge in [-0.05, 0) is 60.7 Å². The second-order valence-electron chi connectivity index (χ2n) is 7.67. The molecule has 0 aliphatic heterocycles. The minimum absolute atomic E-state index is 0.259. The Morgan fingerprint density at radius 3 is 2.29 bits per heavy atom. The molecule has 6 heteroatoms. The van der Waals surface area contributed by atoms with Gasteiger partial charge in [-0.25, -0.2) is 0 Å². The fourth-order valence-corrected chi connectivity index (χ4v) is 3.47. The molecule has 3 aromatic rings. The first-order valence-electron chi connectivity index (χ1n) is 10.7. The molecule has 3 rings (SSSR count). The summed E-state index contributed by atoms with van der Waals surface area (Å²) >= 11 is 0. The van der Waals surface area contributed by atoms with Crippen LogP contribution in [0.25, 0.3) is 10.8 Å². The van der Waals surface area contributed by atoms with E-state index in [2.05, 4.69) is 10.6 Å². The molecule has 0 radical (unpaired) electrons. The van der Waals surface area contributed by atoms with E-state index < -0.39 is 12.1 Å². The summed E-state index contributed by atoms with van der Waals surface area (Å²) in [7, 11) is 0. The van der Waals surface area contributed by atoms with Gasteiger partial charge in [-0.1, -0.05) is 60.7 Å². The third kappa shape index (κ3) is 6.64. The minimum Gasteiger partial charge on any atom is -0.343 e. The Labute approximate surface area is 183 Å². The van der Waals surface area contributed by atoms with E-state index in [1.54, 1.807) is 0 Å². The Bertz CT molecular complexity index is 1010. The topological polar surface area (TPSA) is 110 Å². The van der Waals surface area contributed by atoms with Crippen LogP contribution >= 0.6 is 0 Å². The van der Waals surface area contributed by atoms with Gasteiger partial charge in [-0.3, -0.25) is 9.59 Å². The van der Waals surface area contributed by atoms with Gasteiger partial charge in [-0.2, -0.15) is 0 Å². The second-order valence-corrected chi connectivity index (χ2v) is 7.67. The van der Waals surface area contributed by atoms with E-state index in [9.17, 15) is 9.59 Å². The third-order valence-electron chi connectivity index (χ3n) is 5.27. The molecule has 0 saturated heterocycles. The number of benzene rings is 3. The maximum Gasteiger partial charge on any atom is 0.246 e. The predicted octanol–water partition coefficient (Wildman–Crippen LogP) is 2.96. The van der Waals surface area contributed by atoms with Gasteiger partial charge < -0.3 is 22.1 Å². The van der Waals surface area contributed by atoms with Crippen LogP contribution in [0.1, 0.15) is 24.8 Å². The molecule has 0 saturated carbocycles.